The second-order valence-corrected chi connectivity index (χ2v) is 4.87. The van der Waals surface area contributed by atoms with Crippen LogP contribution in [0, 0.1) is 0 Å². The van der Waals surface area contributed by atoms with E-state index in [9.17, 15) is 13.6 Å². The van der Waals surface area contributed by atoms with Gasteiger partial charge >= 0.3 is 5.97 Å². The minimum atomic E-state index is -2.68. The molecule has 0 saturated heterocycles. The first-order valence-corrected chi connectivity index (χ1v) is 6.43. The Balaban J connectivity index is 2.37. The summed E-state index contributed by atoms with van der Waals surface area (Å²) in [6.07, 6.45) is 1.40. The zero-order valence-corrected chi connectivity index (χ0v) is 10.7. The van der Waals surface area contributed by atoms with E-state index in [0.29, 0.717) is 15.9 Å². The molecule has 0 spiro atoms. The number of hydroxylamine groups is 1. The maximum absolute atomic E-state index is 10.8. The molecular weight excluding hydrogens is 280 g/mol. The van der Waals surface area contributed by atoms with Gasteiger partial charge in [0.05, 0.1) is 11.9 Å². The number of thiophene rings is 1. The minimum Gasteiger partial charge on any atom is -0.748 e. The van der Waals surface area contributed by atoms with Gasteiger partial charge in [-0.1, -0.05) is 0 Å². The number of aromatic carboxylic acids is 1. The Morgan fingerprint density at radius 3 is 2.94 bits per heavy atom. The second kappa shape index (κ2) is 4.98. The normalized spacial score (nSPS) is 12.6. The average Bonchev–Trinajstić information content (AvgIpc) is 2.70. The van der Waals surface area contributed by atoms with E-state index in [2.05, 4.69) is 9.27 Å². The molecule has 0 fully saturated rings. The minimum absolute atomic E-state index is 0.172. The van der Waals surface area contributed by atoms with Crippen molar-refractivity contribution in [3.8, 4) is 0 Å². The molecule has 96 valence electrons. The highest BCUT2D eigenvalue weighted by molar-refractivity contribution is 7.74. The van der Waals surface area contributed by atoms with E-state index in [4.69, 9.17) is 5.11 Å². The van der Waals surface area contributed by atoms with E-state index < -0.39 is 17.3 Å². The Morgan fingerprint density at radius 1 is 1.61 bits per heavy atom. The van der Waals surface area contributed by atoms with Crippen LogP contribution in [0.25, 0.3) is 10.2 Å². The zero-order chi connectivity index (χ0) is 13.3. The van der Waals surface area contributed by atoms with E-state index in [1.54, 1.807) is 6.07 Å². The van der Waals surface area contributed by atoms with Crippen molar-refractivity contribution < 1.29 is 22.9 Å². The second-order valence-electron chi connectivity index (χ2n) is 3.28. The summed E-state index contributed by atoms with van der Waals surface area (Å²) >= 11 is -1.63. The molecule has 0 radical (unpaired) electrons. The summed E-state index contributed by atoms with van der Waals surface area (Å²) in [6.45, 7) is 0. The summed E-state index contributed by atoms with van der Waals surface area (Å²) in [5.41, 5.74) is 0.404. The molecule has 9 heteroatoms. The Labute approximate surface area is 108 Å². The number of pyridine rings is 1. The largest absolute Gasteiger partial charge is 0.748 e. The first kappa shape index (κ1) is 12.9. The number of carboxylic acid groups (broad SMARTS) is 1. The molecular formula is C9H7N2O5S2-. The van der Waals surface area contributed by atoms with Gasteiger partial charge < -0.3 is 9.66 Å². The number of fused-ring (bicyclic) bond motifs is 1. The standard InChI is InChI=1S/C9H8N2O5S2/c1-11(16-18(14)15)6-2-5-3-7(9(12)13)17-8(5)10-4-6/h2-4H,1H3,(H,12,13)(H,14,15)/p-1. The fourth-order valence-electron chi connectivity index (χ4n) is 1.33. The summed E-state index contributed by atoms with van der Waals surface area (Å²) < 4.78 is 25.2. The molecule has 1 unspecified atom stereocenters. The van der Waals surface area contributed by atoms with Gasteiger partial charge in [0.1, 0.15) is 21.1 Å². The molecule has 1 atom stereocenters. The van der Waals surface area contributed by atoms with E-state index >= 15 is 0 Å². The molecule has 1 N–H and O–H groups in total. The van der Waals surface area contributed by atoms with Crippen LogP contribution < -0.4 is 5.06 Å². The molecule has 2 heterocycles. The van der Waals surface area contributed by atoms with Crippen LogP contribution in [0.4, 0.5) is 5.69 Å². The van der Waals surface area contributed by atoms with E-state index in [0.717, 1.165) is 16.4 Å². The Bertz CT molecular complexity index is 626. The molecule has 2 aromatic heterocycles. The van der Waals surface area contributed by atoms with E-state index in [1.165, 1.54) is 19.3 Å². The van der Waals surface area contributed by atoms with Crippen LogP contribution >= 0.6 is 11.3 Å². The van der Waals surface area contributed by atoms with Gasteiger partial charge in [-0.25, -0.2) is 19.1 Å². The molecule has 2 aromatic rings. The number of carboxylic acids is 1. The van der Waals surface area contributed by atoms with Crippen molar-refractivity contribution in [1.82, 2.24) is 4.98 Å². The molecule has 0 aromatic carbocycles. The molecule has 7 nitrogen and oxygen atoms in total. The third-order valence-electron chi connectivity index (χ3n) is 2.10. The van der Waals surface area contributed by atoms with Gasteiger partial charge in [0.2, 0.25) is 0 Å². The van der Waals surface area contributed by atoms with Gasteiger partial charge in [0.25, 0.3) is 0 Å². The van der Waals surface area contributed by atoms with E-state index in [1.807, 2.05) is 0 Å². The fraction of sp³-hybridized carbons (Fsp3) is 0.111. The van der Waals surface area contributed by atoms with Crippen molar-refractivity contribution >= 4 is 44.6 Å². The fourth-order valence-corrected chi connectivity index (χ4v) is 2.42. The first-order chi connectivity index (χ1) is 8.47. The number of hydrogen-bond acceptors (Lipinski definition) is 7. The van der Waals surface area contributed by atoms with Crippen LogP contribution in [0.5, 0.6) is 0 Å². The summed E-state index contributed by atoms with van der Waals surface area (Å²) in [4.78, 5) is 15.6. The lowest BCUT2D eigenvalue weighted by Gasteiger charge is -2.18. The van der Waals surface area contributed by atoms with Crippen LogP contribution in [-0.4, -0.2) is 31.9 Å². The monoisotopic (exact) mass is 287 g/mol. The summed E-state index contributed by atoms with van der Waals surface area (Å²) in [5, 5.41) is 10.5. The number of anilines is 1. The number of aromatic nitrogens is 1. The zero-order valence-electron chi connectivity index (χ0n) is 9.02. The van der Waals surface area contributed by atoms with Crippen LogP contribution in [0.2, 0.25) is 0 Å². The Kier molecular flexibility index (Phi) is 3.57. The smallest absolute Gasteiger partial charge is 0.345 e. The van der Waals surface area contributed by atoms with Crippen molar-refractivity contribution in [1.29, 1.82) is 0 Å². The topological polar surface area (TPSA) is 103 Å². The third kappa shape index (κ3) is 2.64. The van der Waals surface area contributed by atoms with Crippen LogP contribution in [0.15, 0.2) is 18.3 Å². The van der Waals surface area contributed by atoms with Crippen molar-refractivity contribution in [3.05, 3.63) is 23.2 Å². The lowest BCUT2D eigenvalue weighted by molar-refractivity contribution is 0.0702. The molecule has 0 aliphatic rings. The van der Waals surface area contributed by atoms with Crippen molar-refractivity contribution in [3.63, 3.8) is 0 Å². The predicted molar refractivity (Wildman–Crippen MR) is 65.0 cm³/mol. The molecule has 0 bridgehead atoms. The van der Waals surface area contributed by atoms with Gasteiger partial charge in [0, 0.05) is 12.4 Å². The van der Waals surface area contributed by atoms with Gasteiger partial charge in [-0.3, -0.25) is 0 Å². The SMILES string of the molecule is CN(OS(=O)[O-])c1cnc2sc(C(=O)O)cc2c1. The lowest BCUT2D eigenvalue weighted by Crippen LogP contribution is -2.18. The number of nitrogens with zero attached hydrogens (tertiary/aromatic N) is 2. The summed E-state index contributed by atoms with van der Waals surface area (Å²) in [7, 11) is 1.41. The maximum atomic E-state index is 10.8. The predicted octanol–water partition coefficient (Wildman–Crippen LogP) is 1.16. The van der Waals surface area contributed by atoms with Gasteiger partial charge in [-0.15, -0.1) is 11.3 Å². The highest BCUT2D eigenvalue weighted by Gasteiger charge is 2.11. The van der Waals surface area contributed by atoms with Crippen molar-refractivity contribution in [2.24, 2.45) is 0 Å². The summed E-state index contributed by atoms with van der Waals surface area (Å²) in [5.74, 6) is -1.02. The van der Waals surface area contributed by atoms with Gasteiger partial charge in [-0.05, 0) is 12.1 Å². The molecule has 0 saturated carbocycles. The highest BCUT2D eigenvalue weighted by atomic mass is 32.2. The van der Waals surface area contributed by atoms with Crippen LogP contribution in [0.3, 0.4) is 0 Å². The molecule has 0 aliphatic carbocycles. The Hall–Kier alpha value is -1.55. The van der Waals surface area contributed by atoms with Crippen LogP contribution in [0.1, 0.15) is 9.67 Å². The highest BCUT2D eigenvalue weighted by Crippen LogP contribution is 2.27. The number of rotatable bonds is 4. The van der Waals surface area contributed by atoms with Gasteiger partial charge in [0.15, 0.2) is 0 Å². The summed E-state index contributed by atoms with van der Waals surface area (Å²) in [6, 6.07) is 3.07. The number of carbonyl (C=O) groups is 1. The number of hydrogen-bond donors (Lipinski definition) is 1. The Morgan fingerprint density at radius 2 is 2.33 bits per heavy atom. The van der Waals surface area contributed by atoms with Gasteiger partial charge in [-0.2, -0.15) is 4.28 Å². The van der Waals surface area contributed by atoms with Crippen molar-refractivity contribution in [2.75, 3.05) is 12.1 Å². The maximum Gasteiger partial charge on any atom is 0.345 e. The average molecular weight is 287 g/mol. The molecule has 18 heavy (non-hydrogen) atoms. The van der Waals surface area contributed by atoms with Crippen LogP contribution in [-0.2, 0) is 15.6 Å². The van der Waals surface area contributed by atoms with E-state index in [-0.39, 0.29) is 4.88 Å². The molecule has 2 rings (SSSR count). The lowest BCUT2D eigenvalue weighted by atomic mass is 10.3. The first-order valence-electron chi connectivity index (χ1n) is 4.61. The third-order valence-corrected chi connectivity index (χ3v) is 3.50. The quantitative estimate of drug-likeness (QED) is 0.664. The molecule has 0 amide bonds. The van der Waals surface area contributed by atoms with Crippen molar-refractivity contribution in [2.45, 2.75) is 0 Å². The molecule has 0 aliphatic heterocycles.